The van der Waals surface area contributed by atoms with E-state index in [1.54, 1.807) is 0 Å². The Morgan fingerprint density at radius 3 is 2.88 bits per heavy atom. The monoisotopic (exact) mass is 253 g/mol. The lowest BCUT2D eigenvalue weighted by molar-refractivity contribution is 0.111. The van der Waals surface area contributed by atoms with Gasteiger partial charge in [-0.05, 0) is 37.3 Å². The first-order valence-electron chi connectivity index (χ1n) is 6.54. The van der Waals surface area contributed by atoms with E-state index >= 15 is 0 Å². The normalized spacial score (nSPS) is 15.8. The fourth-order valence-corrected chi connectivity index (χ4v) is 2.74. The van der Waals surface area contributed by atoms with E-state index in [9.17, 15) is 0 Å². The molecule has 1 aromatic rings. The average Bonchev–Trinajstić information content (AvgIpc) is 3.01. The van der Waals surface area contributed by atoms with E-state index in [0.29, 0.717) is 6.04 Å². The molecule has 1 aliphatic rings. The third-order valence-electron chi connectivity index (χ3n) is 3.06. The van der Waals surface area contributed by atoms with E-state index in [0.717, 1.165) is 25.7 Å². The number of hydrogen-bond donors (Lipinski definition) is 1. The van der Waals surface area contributed by atoms with Crippen molar-refractivity contribution in [3.63, 3.8) is 0 Å². The van der Waals surface area contributed by atoms with E-state index in [-0.39, 0.29) is 0 Å². The Balaban J connectivity index is 1.79. The number of hydrogen-bond acceptors (Lipinski definition) is 3. The van der Waals surface area contributed by atoms with Crippen LogP contribution in [-0.4, -0.2) is 12.6 Å². The summed E-state index contributed by atoms with van der Waals surface area (Å²) in [6.07, 6.45) is 2.73. The zero-order chi connectivity index (χ0) is 12.3. The lowest BCUT2D eigenvalue weighted by Gasteiger charge is -2.05. The van der Waals surface area contributed by atoms with Gasteiger partial charge in [-0.1, -0.05) is 13.8 Å². The Morgan fingerprint density at radius 2 is 2.24 bits per heavy atom. The fourth-order valence-electron chi connectivity index (χ4n) is 1.74. The Labute approximate surface area is 108 Å². The highest BCUT2D eigenvalue weighted by Gasteiger charge is 2.21. The molecule has 0 saturated heterocycles. The number of ether oxygens (including phenoxy) is 1. The van der Waals surface area contributed by atoms with Crippen LogP contribution < -0.4 is 5.32 Å². The second kappa shape index (κ2) is 5.98. The van der Waals surface area contributed by atoms with Crippen molar-refractivity contribution in [2.45, 2.75) is 52.8 Å². The molecule has 96 valence electrons. The van der Waals surface area contributed by atoms with Gasteiger partial charge in [-0.2, -0.15) is 0 Å². The van der Waals surface area contributed by atoms with Gasteiger partial charge in [0.1, 0.15) is 0 Å². The molecule has 1 N–H and O–H groups in total. The van der Waals surface area contributed by atoms with E-state index in [2.05, 4.69) is 32.2 Å². The van der Waals surface area contributed by atoms with E-state index in [1.165, 1.54) is 28.2 Å². The van der Waals surface area contributed by atoms with Gasteiger partial charge >= 0.3 is 0 Å². The summed E-state index contributed by atoms with van der Waals surface area (Å²) in [5.74, 6) is 0.857. The molecule has 2 rings (SSSR count). The Kier molecular flexibility index (Phi) is 4.60. The second-order valence-electron chi connectivity index (χ2n) is 5.29. The minimum Gasteiger partial charge on any atom is -0.376 e. The number of nitrogens with one attached hydrogen (secondary N) is 1. The van der Waals surface area contributed by atoms with E-state index < -0.39 is 0 Å². The quantitative estimate of drug-likeness (QED) is 0.803. The molecule has 0 aliphatic heterocycles. The summed E-state index contributed by atoms with van der Waals surface area (Å²) in [5.41, 5.74) is 1.37. The zero-order valence-electron chi connectivity index (χ0n) is 11.1. The molecule has 1 fully saturated rings. The molecule has 0 atom stereocenters. The van der Waals surface area contributed by atoms with Crippen LogP contribution in [0.4, 0.5) is 0 Å². The molecular weight excluding hydrogens is 230 g/mol. The first kappa shape index (κ1) is 13.1. The summed E-state index contributed by atoms with van der Waals surface area (Å²) in [6, 6.07) is 2.84. The Morgan fingerprint density at radius 1 is 1.47 bits per heavy atom. The van der Waals surface area contributed by atoms with Gasteiger partial charge in [0.05, 0.1) is 6.61 Å². The Hall–Kier alpha value is -0.380. The molecule has 1 saturated carbocycles. The van der Waals surface area contributed by atoms with Crippen molar-refractivity contribution in [3.05, 3.63) is 21.4 Å². The minimum atomic E-state index is 0.548. The van der Waals surface area contributed by atoms with Gasteiger partial charge in [0.2, 0.25) is 0 Å². The SMILES string of the molecule is Cc1sc(CNC(C)C)cc1COCC1CC1. The summed E-state index contributed by atoms with van der Waals surface area (Å²) in [4.78, 5) is 2.82. The van der Waals surface area contributed by atoms with Gasteiger partial charge < -0.3 is 10.1 Å². The molecule has 0 unspecified atom stereocenters. The van der Waals surface area contributed by atoms with Crippen LogP contribution in [0.1, 0.15) is 42.0 Å². The molecule has 1 aliphatic carbocycles. The largest absolute Gasteiger partial charge is 0.376 e. The van der Waals surface area contributed by atoms with Gasteiger partial charge in [-0.15, -0.1) is 11.3 Å². The van der Waals surface area contributed by atoms with Crippen LogP contribution in [-0.2, 0) is 17.9 Å². The fraction of sp³-hybridized carbons (Fsp3) is 0.714. The Bertz CT molecular complexity index is 355. The molecule has 3 heteroatoms. The lowest BCUT2D eigenvalue weighted by atomic mass is 10.2. The van der Waals surface area contributed by atoms with Gasteiger partial charge in [-0.3, -0.25) is 0 Å². The number of aryl methyl sites for hydroxylation is 1. The molecule has 0 amide bonds. The minimum absolute atomic E-state index is 0.548. The predicted octanol–water partition coefficient (Wildman–Crippen LogP) is 3.48. The topological polar surface area (TPSA) is 21.3 Å². The highest BCUT2D eigenvalue weighted by molar-refractivity contribution is 7.12. The molecule has 0 bridgehead atoms. The van der Waals surface area contributed by atoms with Crippen LogP contribution in [0.25, 0.3) is 0 Å². The van der Waals surface area contributed by atoms with Crippen LogP contribution in [0.5, 0.6) is 0 Å². The molecule has 2 nitrogen and oxygen atoms in total. The van der Waals surface area contributed by atoms with E-state index in [4.69, 9.17) is 4.74 Å². The molecular formula is C14H23NOS. The van der Waals surface area contributed by atoms with Crippen molar-refractivity contribution in [1.82, 2.24) is 5.32 Å². The van der Waals surface area contributed by atoms with Crippen molar-refractivity contribution in [2.24, 2.45) is 5.92 Å². The number of rotatable bonds is 7. The van der Waals surface area contributed by atoms with Crippen LogP contribution in [0.15, 0.2) is 6.07 Å². The maximum atomic E-state index is 5.75. The highest BCUT2D eigenvalue weighted by Crippen LogP contribution is 2.29. The summed E-state index contributed by atoms with van der Waals surface area (Å²) in [7, 11) is 0. The standard InChI is InChI=1S/C14H23NOS/c1-10(2)15-7-14-6-13(11(3)17-14)9-16-8-12-4-5-12/h6,10,12,15H,4-5,7-9H2,1-3H3. The maximum Gasteiger partial charge on any atom is 0.0727 e. The zero-order valence-corrected chi connectivity index (χ0v) is 11.9. The van der Waals surface area contributed by atoms with Crippen molar-refractivity contribution in [2.75, 3.05) is 6.61 Å². The van der Waals surface area contributed by atoms with Crippen molar-refractivity contribution < 1.29 is 4.74 Å². The summed E-state index contributed by atoms with van der Waals surface area (Å²) < 4.78 is 5.75. The highest BCUT2D eigenvalue weighted by atomic mass is 32.1. The van der Waals surface area contributed by atoms with Crippen molar-refractivity contribution in [3.8, 4) is 0 Å². The van der Waals surface area contributed by atoms with Crippen LogP contribution in [0.3, 0.4) is 0 Å². The van der Waals surface area contributed by atoms with Gasteiger partial charge in [-0.25, -0.2) is 0 Å². The molecule has 0 radical (unpaired) electrons. The summed E-state index contributed by atoms with van der Waals surface area (Å²) in [5, 5.41) is 3.46. The lowest BCUT2D eigenvalue weighted by Crippen LogP contribution is -2.21. The molecule has 0 aromatic carbocycles. The molecule has 1 aromatic heterocycles. The third kappa shape index (κ3) is 4.41. The smallest absolute Gasteiger partial charge is 0.0727 e. The molecule has 1 heterocycles. The van der Waals surface area contributed by atoms with Crippen LogP contribution >= 0.6 is 11.3 Å². The predicted molar refractivity (Wildman–Crippen MR) is 73.4 cm³/mol. The van der Waals surface area contributed by atoms with Crippen LogP contribution in [0.2, 0.25) is 0 Å². The average molecular weight is 253 g/mol. The van der Waals surface area contributed by atoms with E-state index in [1.807, 2.05) is 11.3 Å². The second-order valence-corrected chi connectivity index (χ2v) is 6.63. The third-order valence-corrected chi connectivity index (χ3v) is 4.16. The van der Waals surface area contributed by atoms with Gasteiger partial charge in [0.15, 0.2) is 0 Å². The molecule has 0 spiro atoms. The number of thiophene rings is 1. The first-order chi connectivity index (χ1) is 8.15. The van der Waals surface area contributed by atoms with Gasteiger partial charge in [0.25, 0.3) is 0 Å². The van der Waals surface area contributed by atoms with Crippen LogP contribution in [0, 0.1) is 12.8 Å². The summed E-state index contributed by atoms with van der Waals surface area (Å²) in [6.45, 7) is 9.28. The maximum absolute atomic E-state index is 5.75. The molecule has 17 heavy (non-hydrogen) atoms. The van der Waals surface area contributed by atoms with Crippen molar-refractivity contribution >= 4 is 11.3 Å². The van der Waals surface area contributed by atoms with Gasteiger partial charge in [0, 0.05) is 28.9 Å². The summed E-state index contributed by atoms with van der Waals surface area (Å²) >= 11 is 1.89. The first-order valence-corrected chi connectivity index (χ1v) is 7.36. The van der Waals surface area contributed by atoms with Crippen molar-refractivity contribution in [1.29, 1.82) is 0 Å².